The lowest BCUT2D eigenvalue weighted by atomic mass is 10.1. The predicted octanol–water partition coefficient (Wildman–Crippen LogP) is 3.66. The molecule has 0 radical (unpaired) electrons. The highest BCUT2D eigenvalue weighted by Crippen LogP contribution is 2.10. The van der Waals surface area contributed by atoms with Crippen molar-refractivity contribution < 1.29 is 9.53 Å². The summed E-state index contributed by atoms with van der Waals surface area (Å²) >= 11 is 5.26. The molecule has 1 aromatic rings. The minimum absolute atomic E-state index is 0.142. The lowest BCUT2D eigenvalue weighted by molar-refractivity contribution is -0.140. The van der Waals surface area contributed by atoms with E-state index in [2.05, 4.69) is 46.6 Å². The fourth-order valence-corrected chi connectivity index (χ4v) is 2.31. The van der Waals surface area contributed by atoms with E-state index < -0.39 is 0 Å². The van der Waals surface area contributed by atoms with E-state index in [4.69, 9.17) is 12.2 Å². The molecule has 0 aliphatic carbocycles. The third kappa shape index (κ3) is 7.98. The molecule has 5 heteroatoms. The summed E-state index contributed by atoms with van der Waals surface area (Å²) in [6, 6.07) is 8.35. The van der Waals surface area contributed by atoms with Crippen LogP contribution < -0.4 is 10.6 Å². The first-order valence-corrected chi connectivity index (χ1v) is 8.27. The highest BCUT2D eigenvalue weighted by molar-refractivity contribution is 7.80. The molecule has 0 heterocycles. The number of benzene rings is 1. The zero-order valence-electron chi connectivity index (χ0n) is 13.5. The van der Waals surface area contributed by atoms with Crippen molar-refractivity contribution in [2.75, 3.05) is 19.0 Å². The van der Waals surface area contributed by atoms with Crippen molar-refractivity contribution in [1.82, 2.24) is 5.32 Å². The topological polar surface area (TPSA) is 50.4 Å². The summed E-state index contributed by atoms with van der Waals surface area (Å²) in [6.45, 7) is 2.98. The number of carbonyl (C=O) groups excluding carboxylic acids is 1. The number of carbonyl (C=O) groups is 1. The molecule has 0 aliphatic rings. The molecular weight excluding hydrogens is 296 g/mol. The Hall–Kier alpha value is -1.62. The molecule has 0 unspecified atom stereocenters. The Kier molecular flexibility index (Phi) is 9.23. The van der Waals surface area contributed by atoms with E-state index in [1.807, 2.05) is 0 Å². The van der Waals surface area contributed by atoms with Gasteiger partial charge in [0.1, 0.15) is 0 Å². The Morgan fingerprint density at radius 2 is 1.91 bits per heavy atom. The Labute approximate surface area is 138 Å². The fraction of sp³-hybridized carbons (Fsp3) is 0.529. The molecule has 0 saturated carbocycles. The van der Waals surface area contributed by atoms with Crippen molar-refractivity contribution in [3.63, 3.8) is 0 Å². The van der Waals surface area contributed by atoms with Gasteiger partial charge in [-0.2, -0.15) is 0 Å². The third-order valence-electron chi connectivity index (χ3n) is 3.32. The van der Waals surface area contributed by atoms with E-state index in [0.717, 1.165) is 44.3 Å². The zero-order valence-corrected chi connectivity index (χ0v) is 14.3. The van der Waals surface area contributed by atoms with E-state index in [-0.39, 0.29) is 5.97 Å². The summed E-state index contributed by atoms with van der Waals surface area (Å²) in [6.07, 6.45) is 5.57. The van der Waals surface area contributed by atoms with Gasteiger partial charge in [0, 0.05) is 18.7 Å². The average Bonchev–Trinajstić information content (AvgIpc) is 2.52. The average molecular weight is 322 g/mol. The molecule has 1 rings (SSSR count). The van der Waals surface area contributed by atoms with Crippen LogP contribution >= 0.6 is 12.2 Å². The summed E-state index contributed by atoms with van der Waals surface area (Å²) in [5.41, 5.74) is 2.35. The monoisotopic (exact) mass is 322 g/mol. The largest absolute Gasteiger partial charge is 0.469 e. The molecule has 0 amide bonds. The minimum atomic E-state index is -0.142. The van der Waals surface area contributed by atoms with Crippen molar-refractivity contribution in [2.24, 2.45) is 0 Å². The van der Waals surface area contributed by atoms with Crippen LogP contribution in [0.25, 0.3) is 0 Å². The second kappa shape index (κ2) is 11.0. The molecule has 122 valence electrons. The predicted molar refractivity (Wildman–Crippen MR) is 95.1 cm³/mol. The van der Waals surface area contributed by atoms with E-state index in [1.54, 1.807) is 0 Å². The quantitative estimate of drug-likeness (QED) is 0.413. The second-order valence-electron chi connectivity index (χ2n) is 5.21. The normalized spacial score (nSPS) is 10.1. The van der Waals surface area contributed by atoms with Crippen LogP contribution in [0.1, 0.15) is 44.6 Å². The Bertz CT molecular complexity index is 460. The number of thiocarbonyl (C=S) groups is 1. The molecule has 4 nitrogen and oxygen atoms in total. The van der Waals surface area contributed by atoms with Gasteiger partial charge >= 0.3 is 5.97 Å². The van der Waals surface area contributed by atoms with Crippen LogP contribution in [0.2, 0.25) is 0 Å². The minimum Gasteiger partial charge on any atom is -0.469 e. The maximum Gasteiger partial charge on any atom is 0.305 e. The van der Waals surface area contributed by atoms with Crippen LogP contribution in [0.4, 0.5) is 5.69 Å². The van der Waals surface area contributed by atoms with Crippen molar-refractivity contribution in [3.8, 4) is 0 Å². The van der Waals surface area contributed by atoms with Crippen LogP contribution in [0.15, 0.2) is 24.3 Å². The van der Waals surface area contributed by atoms with Crippen molar-refractivity contribution in [3.05, 3.63) is 29.8 Å². The summed E-state index contributed by atoms with van der Waals surface area (Å²) in [4.78, 5) is 11.0. The van der Waals surface area contributed by atoms with Gasteiger partial charge in [-0.1, -0.05) is 31.9 Å². The Balaban J connectivity index is 2.14. The third-order valence-corrected chi connectivity index (χ3v) is 3.57. The van der Waals surface area contributed by atoms with Gasteiger partial charge in [-0.25, -0.2) is 0 Å². The summed E-state index contributed by atoms with van der Waals surface area (Å²) < 4.78 is 4.60. The molecule has 0 spiro atoms. The van der Waals surface area contributed by atoms with Gasteiger partial charge in [0.05, 0.1) is 7.11 Å². The number of nitrogens with one attached hydrogen (secondary N) is 2. The molecule has 0 aliphatic heterocycles. The van der Waals surface area contributed by atoms with Crippen molar-refractivity contribution in [1.29, 1.82) is 0 Å². The van der Waals surface area contributed by atoms with Crippen molar-refractivity contribution >= 4 is 29.0 Å². The number of rotatable bonds is 9. The highest BCUT2D eigenvalue weighted by Gasteiger charge is 2.00. The number of aryl methyl sites for hydroxylation is 1. The summed E-state index contributed by atoms with van der Waals surface area (Å²) in [5.74, 6) is -0.142. The SMILES string of the molecule is CCCc1ccc(NC(=S)NCCCCCC(=O)OC)cc1. The van der Waals surface area contributed by atoms with Gasteiger partial charge in [0.15, 0.2) is 5.11 Å². The van der Waals surface area contributed by atoms with Gasteiger partial charge in [-0.15, -0.1) is 0 Å². The van der Waals surface area contributed by atoms with Crippen LogP contribution in [-0.2, 0) is 16.0 Å². The number of unbranched alkanes of at least 4 members (excludes halogenated alkanes) is 2. The van der Waals surface area contributed by atoms with Gasteiger partial charge in [0.2, 0.25) is 0 Å². The van der Waals surface area contributed by atoms with E-state index in [0.29, 0.717) is 11.5 Å². The molecule has 0 fully saturated rings. The number of esters is 1. The van der Waals surface area contributed by atoms with E-state index >= 15 is 0 Å². The van der Waals surface area contributed by atoms with Crippen LogP contribution in [-0.4, -0.2) is 24.7 Å². The zero-order chi connectivity index (χ0) is 16.2. The van der Waals surface area contributed by atoms with Crippen LogP contribution in [0.3, 0.4) is 0 Å². The number of ether oxygens (including phenoxy) is 1. The van der Waals surface area contributed by atoms with Crippen LogP contribution in [0, 0.1) is 0 Å². The Morgan fingerprint density at radius 1 is 1.18 bits per heavy atom. The first-order valence-electron chi connectivity index (χ1n) is 7.86. The first kappa shape index (κ1) is 18.4. The van der Waals surface area contributed by atoms with E-state index in [9.17, 15) is 4.79 Å². The van der Waals surface area contributed by atoms with Gasteiger partial charge < -0.3 is 15.4 Å². The first-order chi connectivity index (χ1) is 10.7. The molecule has 0 aromatic heterocycles. The lowest BCUT2D eigenvalue weighted by Crippen LogP contribution is -2.29. The lowest BCUT2D eigenvalue weighted by Gasteiger charge is -2.11. The molecule has 0 saturated heterocycles. The smallest absolute Gasteiger partial charge is 0.305 e. The summed E-state index contributed by atoms with van der Waals surface area (Å²) in [5, 5.41) is 6.99. The Morgan fingerprint density at radius 3 is 2.55 bits per heavy atom. The molecule has 0 atom stereocenters. The maximum atomic E-state index is 11.0. The fourth-order valence-electron chi connectivity index (χ4n) is 2.09. The van der Waals surface area contributed by atoms with Gasteiger partial charge in [-0.3, -0.25) is 4.79 Å². The second-order valence-corrected chi connectivity index (χ2v) is 5.62. The number of hydrogen-bond donors (Lipinski definition) is 2. The highest BCUT2D eigenvalue weighted by atomic mass is 32.1. The molecular formula is C17H26N2O2S. The van der Waals surface area contributed by atoms with Gasteiger partial charge in [-0.05, 0) is 49.2 Å². The molecule has 0 bridgehead atoms. The number of hydrogen-bond acceptors (Lipinski definition) is 3. The molecule has 2 N–H and O–H groups in total. The molecule has 22 heavy (non-hydrogen) atoms. The van der Waals surface area contributed by atoms with Crippen LogP contribution in [0.5, 0.6) is 0 Å². The summed E-state index contributed by atoms with van der Waals surface area (Å²) in [7, 11) is 1.42. The standard InChI is InChI=1S/C17H26N2O2S/c1-3-7-14-9-11-15(12-10-14)19-17(22)18-13-6-4-5-8-16(20)21-2/h9-12H,3-8,13H2,1-2H3,(H2,18,19,22). The maximum absolute atomic E-state index is 11.0. The van der Waals surface area contributed by atoms with Crippen molar-refractivity contribution in [2.45, 2.75) is 45.4 Å². The number of anilines is 1. The van der Waals surface area contributed by atoms with E-state index in [1.165, 1.54) is 12.7 Å². The number of methoxy groups -OCH3 is 1. The van der Waals surface area contributed by atoms with Gasteiger partial charge in [0.25, 0.3) is 0 Å². The molecule has 1 aromatic carbocycles.